The SMILES string of the molecule is CCOC(=O)c1ccc(-c2ccc3nc(N)nc(N(Br)c4ccccc4)c3c2)cc1. The Bertz CT molecular complexity index is 1200. The summed E-state index contributed by atoms with van der Waals surface area (Å²) in [5.41, 5.74) is 10.1. The number of nitrogens with zero attached hydrogens (tertiary/aromatic N) is 3. The van der Waals surface area contributed by atoms with Crippen molar-refractivity contribution in [2.24, 2.45) is 0 Å². The van der Waals surface area contributed by atoms with E-state index in [4.69, 9.17) is 10.5 Å². The van der Waals surface area contributed by atoms with Crippen molar-refractivity contribution in [1.29, 1.82) is 0 Å². The molecular weight excluding hydrogens is 444 g/mol. The number of fused-ring (bicyclic) bond motifs is 1. The second-order valence-electron chi connectivity index (χ2n) is 6.55. The van der Waals surface area contributed by atoms with Crippen molar-refractivity contribution < 1.29 is 9.53 Å². The van der Waals surface area contributed by atoms with Crippen LogP contribution in [-0.2, 0) is 4.74 Å². The number of anilines is 3. The standard InChI is InChI=1S/C23H19BrN4O2/c1-2-30-22(29)16-10-8-15(9-11-16)17-12-13-20-19(14-17)21(27-23(25)26-20)28(24)18-6-4-3-5-7-18/h3-14H,2H2,1H3,(H2,25,26,27). The smallest absolute Gasteiger partial charge is 0.338 e. The number of hydrogen-bond acceptors (Lipinski definition) is 6. The molecule has 4 rings (SSSR count). The number of ether oxygens (including phenoxy) is 1. The van der Waals surface area contributed by atoms with Gasteiger partial charge in [-0.05, 0) is 54.4 Å². The highest BCUT2D eigenvalue weighted by Gasteiger charge is 2.15. The fourth-order valence-electron chi connectivity index (χ4n) is 3.15. The van der Waals surface area contributed by atoms with E-state index in [9.17, 15) is 4.79 Å². The number of benzene rings is 3. The third kappa shape index (κ3) is 3.97. The molecule has 6 nitrogen and oxygen atoms in total. The average Bonchev–Trinajstić information content (AvgIpc) is 2.78. The zero-order chi connectivity index (χ0) is 21.1. The molecule has 30 heavy (non-hydrogen) atoms. The highest BCUT2D eigenvalue weighted by atomic mass is 79.9. The first-order chi connectivity index (χ1) is 14.6. The number of para-hydroxylation sites is 1. The lowest BCUT2D eigenvalue weighted by atomic mass is 10.0. The normalized spacial score (nSPS) is 10.7. The number of halogens is 1. The van der Waals surface area contributed by atoms with Crippen molar-refractivity contribution >= 4 is 50.5 Å². The van der Waals surface area contributed by atoms with Gasteiger partial charge >= 0.3 is 5.97 Å². The monoisotopic (exact) mass is 462 g/mol. The van der Waals surface area contributed by atoms with Gasteiger partial charge in [0.05, 0.1) is 39.5 Å². The average molecular weight is 463 g/mol. The molecule has 2 N–H and O–H groups in total. The molecule has 0 aliphatic heterocycles. The Kier molecular flexibility index (Phi) is 5.63. The van der Waals surface area contributed by atoms with Crippen LogP contribution in [0.5, 0.6) is 0 Å². The zero-order valence-corrected chi connectivity index (χ0v) is 17.8. The van der Waals surface area contributed by atoms with Gasteiger partial charge in [0.1, 0.15) is 0 Å². The number of aromatic nitrogens is 2. The molecule has 3 aromatic carbocycles. The molecule has 0 spiro atoms. The Labute approximate surface area is 182 Å². The van der Waals surface area contributed by atoms with Crippen LogP contribution < -0.4 is 9.66 Å². The molecule has 0 fully saturated rings. The van der Waals surface area contributed by atoms with E-state index in [0.29, 0.717) is 18.0 Å². The molecule has 7 heteroatoms. The summed E-state index contributed by atoms with van der Waals surface area (Å²) in [5, 5.41) is 0.844. The van der Waals surface area contributed by atoms with Gasteiger partial charge in [-0.2, -0.15) is 4.98 Å². The first kappa shape index (κ1) is 19.8. The lowest BCUT2D eigenvalue weighted by Crippen LogP contribution is -2.07. The minimum absolute atomic E-state index is 0.199. The lowest BCUT2D eigenvalue weighted by Gasteiger charge is -2.18. The maximum absolute atomic E-state index is 11.9. The van der Waals surface area contributed by atoms with Crippen molar-refractivity contribution in [3.8, 4) is 11.1 Å². The molecular formula is C23H19BrN4O2. The van der Waals surface area contributed by atoms with Gasteiger partial charge < -0.3 is 10.5 Å². The number of rotatable bonds is 5. The Morgan fingerprint density at radius 3 is 2.40 bits per heavy atom. The Hall–Kier alpha value is -3.45. The summed E-state index contributed by atoms with van der Waals surface area (Å²) < 4.78 is 6.86. The van der Waals surface area contributed by atoms with E-state index in [1.165, 1.54) is 0 Å². The minimum atomic E-state index is -0.327. The minimum Gasteiger partial charge on any atom is -0.462 e. The van der Waals surface area contributed by atoms with Gasteiger partial charge in [0, 0.05) is 5.39 Å². The van der Waals surface area contributed by atoms with Crippen LogP contribution >= 0.6 is 16.1 Å². The summed E-state index contributed by atoms with van der Waals surface area (Å²) >= 11 is 3.61. The van der Waals surface area contributed by atoms with E-state index < -0.39 is 0 Å². The molecule has 150 valence electrons. The number of esters is 1. The number of nitrogen functional groups attached to an aromatic ring is 1. The van der Waals surface area contributed by atoms with E-state index >= 15 is 0 Å². The summed E-state index contributed by atoms with van der Waals surface area (Å²) in [7, 11) is 0. The molecule has 0 bridgehead atoms. The Morgan fingerprint density at radius 1 is 1.00 bits per heavy atom. The third-order valence-electron chi connectivity index (χ3n) is 4.59. The van der Waals surface area contributed by atoms with Crippen molar-refractivity contribution in [2.45, 2.75) is 6.92 Å². The van der Waals surface area contributed by atoms with Crippen LogP contribution in [0, 0.1) is 0 Å². The summed E-state index contributed by atoms with van der Waals surface area (Å²) in [6, 6.07) is 23.0. The maximum Gasteiger partial charge on any atom is 0.338 e. The number of nitrogens with two attached hydrogens (primary N) is 1. The van der Waals surface area contributed by atoms with Crippen LogP contribution in [-0.4, -0.2) is 22.5 Å². The molecule has 0 saturated carbocycles. The first-order valence-electron chi connectivity index (χ1n) is 9.42. The van der Waals surface area contributed by atoms with Crippen molar-refractivity contribution in [3.05, 3.63) is 78.4 Å². The van der Waals surface area contributed by atoms with Crippen LogP contribution in [0.1, 0.15) is 17.3 Å². The summed E-state index contributed by atoms with van der Waals surface area (Å²) in [6.45, 7) is 2.14. The molecule has 0 radical (unpaired) electrons. The molecule has 0 aliphatic rings. The van der Waals surface area contributed by atoms with Crippen LogP contribution in [0.25, 0.3) is 22.0 Å². The van der Waals surface area contributed by atoms with Gasteiger partial charge in [-0.25, -0.2) is 9.78 Å². The van der Waals surface area contributed by atoms with Crippen molar-refractivity contribution in [2.75, 3.05) is 16.3 Å². The lowest BCUT2D eigenvalue weighted by molar-refractivity contribution is 0.0526. The second kappa shape index (κ2) is 8.51. The fourth-order valence-corrected chi connectivity index (χ4v) is 3.66. The predicted molar refractivity (Wildman–Crippen MR) is 123 cm³/mol. The topological polar surface area (TPSA) is 81.3 Å². The number of carbonyl (C=O) groups excluding carboxylic acids is 1. The summed E-state index contributed by atoms with van der Waals surface area (Å²) in [6.07, 6.45) is 0. The highest BCUT2D eigenvalue weighted by molar-refractivity contribution is 9.10. The van der Waals surface area contributed by atoms with Crippen LogP contribution in [0.2, 0.25) is 0 Å². The second-order valence-corrected chi connectivity index (χ2v) is 7.26. The molecule has 4 aromatic rings. The van der Waals surface area contributed by atoms with E-state index in [1.54, 1.807) is 23.0 Å². The number of carbonyl (C=O) groups is 1. The Morgan fingerprint density at radius 2 is 1.70 bits per heavy atom. The zero-order valence-electron chi connectivity index (χ0n) is 16.2. The van der Waals surface area contributed by atoms with E-state index in [1.807, 2.05) is 60.7 Å². The molecule has 1 heterocycles. The number of hydrogen-bond donors (Lipinski definition) is 1. The maximum atomic E-state index is 11.9. The molecule has 0 unspecified atom stereocenters. The Balaban J connectivity index is 1.77. The quantitative estimate of drug-likeness (QED) is 0.311. The van der Waals surface area contributed by atoms with Crippen LogP contribution in [0.15, 0.2) is 72.8 Å². The van der Waals surface area contributed by atoms with Gasteiger partial charge in [-0.1, -0.05) is 36.4 Å². The van der Waals surface area contributed by atoms with E-state index in [0.717, 1.165) is 27.7 Å². The first-order valence-corrected chi connectivity index (χ1v) is 10.1. The molecule has 1 aromatic heterocycles. The third-order valence-corrected chi connectivity index (χ3v) is 5.34. The van der Waals surface area contributed by atoms with Crippen molar-refractivity contribution in [1.82, 2.24) is 9.97 Å². The predicted octanol–water partition coefficient (Wildman–Crippen LogP) is 5.50. The molecule has 0 atom stereocenters. The van der Waals surface area contributed by atoms with Gasteiger partial charge in [-0.15, -0.1) is 0 Å². The summed E-state index contributed by atoms with van der Waals surface area (Å²) in [4.78, 5) is 20.7. The van der Waals surface area contributed by atoms with Gasteiger partial charge in [0.15, 0.2) is 5.82 Å². The summed E-state index contributed by atoms with van der Waals surface area (Å²) in [5.74, 6) is 0.518. The largest absolute Gasteiger partial charge is 0.462 e. The van der Waals surface area contributed by atoms with Crippen LogP contribution in [0.4, 0.5) is 17.5 Å². The van der Waals surface area contributed by atoms with E-state index in [-0.39, 0.29) is 11.9 Å². The van der Waals surface area contributed by atoms with Gasteiger partial charge in [0.2, 0.25) is 5.95 Å². The fraction of sp³-hybridized carbons (Fsp3) is 0.0870. The highest BCUT2D eigenvalue weighted by Crippen LogP contribution is 2.35. The van der Waals surface area contributed by atoms with Gasteiger partial charge in [0.25, 0.3) is 0 Å². The molecule has 0 aliphatic carbocycles. The van der Waals surface area contributed by atoms with Crippen LogP contribution in [0.3, 0.4) is 0 Å². The van der Waals surface area contributed by atoms with Crippen molar-refractivity contribution in [3.63, 3.8) is 0 Å². The van der Waals surface area contributed by atoms with E-state index in [2.05, 4.69) is 26.1 Å². The molecule has 0 saturated heterocycles. The van der Waals surface area contributed by atoms with Gasteiger partial charge in [-0.3, -0.25) is 3.93 Å². The molecule has 0 amide bonds.